The SMILES string of the molecule is C#CCCCN(C(C)=O)c1ncccn1. The second-order valence-electron chi connectivity index (χ2n) is 3.03. The zero-order valence-corrected chi connectivity index (χ0v) is 8.68. The zero-order valence-electron chi connectivity index (χ0n) is 8.68. The van der Waals surface area contributed by atoms with Crippen molar-refractivity contribution in [3.8, 4) is 12.3 Å². The Morgan fingerprint density at radius 3 is 2.73 bits per heavy atom. The van der Waals surface area contributed by atoms with Gasteiger partial charge in [-0.15, -0.1) is 12.3 Å². The minimum absolute atomic E-state index is 0.0711. The summed E-state index contributed by atoms with van der Waals surface area (Å²) >= 11 is 0. The van der Waals surface area contributed by atoms with Crippen LogP contribution in [0.4, 0.5) is 5.95 Å². The predicted octanol–water partition coefficient (Wildman–Crippen LogP) is 1.24. The third kappa shape index (κ3) is 3.39. The molecule has 1 rings (SSSR count). The van der Waals surface area contributed by atoms with Gasteiger partial charge in [0.05, 0.1) is 0 Å². The number of terminal acetylenes is 1. The molecule has 78 valence electrons. The number of hydrogen-bond donors (Lipinski definition) is 0. The first-order chi connectivity index (χ1) is 7.25. The monoisotopic (exact) mass is 203 g/mol. The largest absolute Gasteiger partial charge is 0.281 e. The lowest BCUT2D eigenvalue weighted by atomic mass is 10.3. The number of carbonyl (C=O) groups is 1. The molecule has 0 N–H and O–H groups in total. The van der Waals surface area contributed by atoms with Crippen LogP contribution >= 0.6 is 0 Å². The Hall–Kier alpha value is -1.89. The number of amides is 1. The summed E-state index contributed by atoms with van der Waals surface area (Å²) < 4.78 is 0. The highest BCUT2D eigenvalue weighted by atomic mass is 16.2. The molecule has 1 heterocycles. The fourth-order valence-corrected chi connectivity index (χ4v) is 1.17. The van der Waals surface area contributed by atoms with Crippen molar-refractivity contribution in [2.45, 2.75) is 19.8 Å². The van der Waals surface area contributed by atoms with E-state index in [2.05, 4.69) is 15.9 Å². The molecule has 0 aromatic carbocycles. The van der Waals surface area contributed by atoms with E-state index in [0.29, 0.717) is 18.9 Å². The number of nitrogens with zero attached hydrogens (tertiary/aromatic N) is 3. The van der Waals surface area contributed by atoms with Crippen LogP contribution in [0.15, 0.2) is 18.5 Å². The number of anilines is 1. The molecular formula is C11H13N3O. The van der Waals surface area contributed by atoms with Gasteiger partial charge in [-0.2, -0.15) is 0 Å². The van der Waals surface area contributed by atoms with Crippen molar-refractivity contribution >= 4 is 11.9 Å². The maximum absolute atomic E-state index is 11.3. The molecule has 15 heavy (non-hydrogen) atoms. The maximum Gasteiger partial charge on any atom is 0.232 e. The third-order valence-electron chi connectivity index (χ3n) is 1.88. The summed E-state index contributed by atoms with van der Waals surface area (Å²) in [4.78, 5) is 20.9. The Bertz CT molecular complexity index is 356. The van der Waals surface area contributed by atoms with Gasteiger partial charge in [0.15, 0.2) is 0 Å². The fourth-order valence-electron chi connectivity index (χ4n) is 1.17. The van der Waals surface area contributed by atoms with Crippen LogP contribution in [0.2, 0.25) is 0 Å². The van der Waals surface area contributed by atoms with Crippen molar-refractivity contribution in [2.24, 2.45) is 0 Å². The minimum Gasteiger partial charge on any atom is -0.281 e. The molecule has 0 fully saturated rings. The summed E-state index contributed by atoms with van der Waals surface area (Å²) in [6.45, 7) is 2.05. The number of unbranched alkanes of at least 4 members (excludes halogenated alkanes) is 1. The van der Waals surface area contributed by atoms with Crippen LogP contribution in [0.1, 0.15) is 19.8 Å². The van der Waals surface area contributed by atoms with Crippen LogP contribution in [0.25, 0.3) is 0 Å². The van der Waals surface area contributed by atoms with Crippen molar-refractivity contribution in [1.29, 1.82) is 0 Å². The van der Waals surface area contributed by atoms with Gasteiger partial charge in [0.1, 0.15) is 0 Å². The molecular weight excluding hydrogens is 190 g/mol. The van der Waals surface area contributed by atoms with Gasteiger partial charge in [-0.1, -0.05) is 0 Å². The minimum atomic E-state index is -0.0711. The number of aromatic nitrogens is 2. The summed E-state index contributed by atoms with van der Waals surface area (Å²) in [5.74, 6) is 2.90. The summed E-state index contributed by atoms with van der Waals surface area (Å²) in [6.07, 6.45) is 9.77. The standard InChI is InChI=1S/C11H13N3O/c1-3-4-5-9-14(10(2)15)11-12-7-6-8-13-11/h1,6-8H,4-5,9H2,2H3. The molecule has 0 aliphatic rings. The van der Waals surface area contributed by atoms with E-state index >= 15 is 0 Å². The lowest BCUT2D eigenvalue weighted by Crippen LogP contribution is -2.31. The molecule has 0 aliphatic heterocycles. The van der Waals surface area contributed by atoms with Gasteiger partial charge in [-0.05, 0) is 12.5 Å². The van der Waals surface area contributed by atoms with Crippen LogP contribution in [-0.2, 0) is 4.79 Å². The molecule has 0 saturated heterocycles. The quantitative estimate of drug-likeness (QED) is 0.546. The summed E-state index contributed by atoms with van der Waals surface area (Å²) in [7, 11) is 0. The Morgan fingerprint density at radius 1 is 1.53 bits per heavy atom. The van der Waals surface area contributed by atoms with Crippen LogP contribution in [0, 0.1) is 12.3 Å². The lowest BCUT2D eigenvalue weighted by Gasteiger charge is -2.17. The van der Waals surface area contributed by atoms with Crippen LogP contribution in [-0.4, -0.2) is 22.4 Å². The van der Waals surface area contributed by atoms with E-state index in [9.17, 15) is 4.79 Å². The zero-order chi connectivity index (χ0) is 11.1. The van der Waals surface area contributed by atoms with Gasteiger partial charge in [0, 0.05) is 32.3 Å². The molecule has 0 spiro atoms. The molecule has 1 amide bonds. The predicted molar refractivity (Wildman–Crippen MR) is 58.1 cm³/mol. The van der Waals surface area contributed by atoms with Crippen molar-refractivity contribution in [2.75, 3.05) is 11.4 Å². The molecule has 0 radical (unpaired) electrons. The fraction of sp³-hybridized carbons (Fsp3) is 0.364. The molecule has 0 unspecified atom stereocenters. The summed E-state index contributed by atoms with van der Waals surface area (Å²) in [6, 6.07) is 1.71. The third-order valence-corrected chi connectivity index (χ3v) is 1.88. The Morgan fingerprint density at radius 2 is 2.20 bits per heavy atom. The molecule has 1 aromatic heterocycles. The molecule has 1 aromatic rings. The van der Waals surface area contributed by atoms with E-state index in [1.54, 1.807) is 18.5 Å². The van der Waals surface area contributed by atoms with Crippen LogP contribution in [0.3, 0.4) is 0 Å². The average Bonchev–Trinajstić information content (AvgIpc) is 2.25. The molecule has 4 nitrogen and oxygen atoms in total. The number of carbonyl (C=O) groups excluding carboxylic acids is 1. The van der Waals surface area contributed by atoms with Gasteiger partial charge in [-0.25, -0.2) is 9.97 Å². The van der Waals surface area contributed by atoms with E-state index in [1.165, 1.54) is 11.8 Å². The van der Waals surface area contributed by atoms with Crippen molar-refractivity contribution in [3.63, 3.8) is 0 Å². The Balaban J connectivity index is 2.67. The lowest BCUT2D eigenvalue weighted by molar-refractivity contribution is -0.116. The number of hydrogen-bond acceptors (Lipinski definition) is 3. The van der Waals surface area contributed by atoms with Gasteiger partial charge in [0.2, 0.25) is 11.9 Å². The van der Waals surface area contributed by atoms with Gasteiger partial charge in [0.25, 0.3) is 0 Å². The molecule has 0 atom stereocenters. The second-order valence-corrected chi connectivity index (χ2v) is 3.03. The average molecular weight is 203 g/mol. The summed E-state index contributed by atoms with van der Waals surface area (Å²) in [5, 5.41) is 0. The Kier molecular flexibility index (Phi) is 4.30. The van der Waals surface area contributed by atoms with Gasteiger partial charge < -0.3 is 0 Å². The second kappa shape index (κ2) is 5.76. The first kappa shape index (κ1) is 11.2. The molecule has 0 aliphatic carbocycles. The maximum atomic E-state index is 11.3. The molecule has 0 bridgehead atoms. The highest BCUT2D eigenvalue weighted by Crippen LogP contribution is 2.06. The van der Waals surface area contributed by atoms with Crippen LogP contribution in [0.5, 0.6) is 0 Å². The van der Waals surface area contributed by atoms with E-state index in [4.69, 9.17) is 6.42 Å². The molecule has 0 saturated carbocycles. The van der Waals surface area contributed by atoms with Crippen molar-refractivity contribution in [1.82, 2.24) is 9.97 Å². The Labute approximate surface area is 89.3 Å². The topological polar surface area (TPSA) is 46.1 Å². The highest BCUT2D eigenvalue weighted by molar-refractivity contribution is 5.89. The molecule has 4 heteroatoms. The normalized spacial score (nSPS) is 9.33. The van der Waals surface area contributed by atoms with Crippen molar-refractivity contribution in [3.05, 3.63) is 18.5 Å². The smallest absolute Gasteiger partial charge is 0.232 e. The van der Waals surface area contributed by atoms with E-state index in [-0.39, 0.29) is 5.91 Å². The van der Waals surface area contributed by atoms with E-state index in [1.807, 2.05) is 0 Å². The first-order valence-corrected chi connectivity index (χ1v) is 4.74. The van der Waals surface area contributed by atoms with Crippen molar-refractivity contribution < 1.29 is 4.79 Å². The summed E-state index contributed by atoms with van der Waals surface area (Å²) in [5.41, 5.74) is 0. The number of rotatable bonds is 4. The van der Waals surface area contributed by atoms with Gasteiger partial charge in [-0.3, -0.25) is 9.69 Å². The highest BCUT2D eigenvalue weighted by Gasteiger charge is 2.12. The van der Waals surface area contributed by atoms with Gasteiger partial charge >= 0.3 is 0 Å². The first-order valence-electron chi connectivity index (χ1n) is 4.74. The van der Waals surface area contributed by atoms with E-state index in [0.717, 1.165) is 6.42 Å². The van der Waals surface area contributed by atoms with Crippen LogP contribution < -0.4 is 4.90 Å². The van der Waals surface area contributed by atoms with E-state index < -0.39 is 0 Å².